The van der Waals surface area contributed by atoms with Crippen LogP contribution in [0.3, 0.4) is 0 Å². The summed E-state index contributed by atoms with van der Waals surface area (Å²) in [6, 6.07) is 10.7. The highest BCUT2D eigenvalue weighted by Crippen LogP contribution is 2.27. The highest BCUT2D eigenvalue weighted by molar-refractivity contribution is 6.31. The van der Waals surface area contributed by atoms with Gasteiger partial charge in [-0.15, -0.1) is 0 Å². The molecule has 166 valence electrons. The maximum atomic E-state index is 13.7. The van der Waals surface area contributed by atoms with Gasteiger partial charge in [-0.2, -0.15) is 0 Å². The van der Waals surface area contributed by atoms with Gasteiger partial charge in [0.05, 0.1) is 12.2 Å². The van der Waals surface area contributed by atoms with Gasteiger partial charge in [-0.1, -0.05) is 24.3 Å². The maximum absolute atomic E-state index is 13.7. The van der Waals surface area contributed by atoms with Crippen molar-refractivity contribution in [3.05, 3.63) is 100 Å². The second kappa shape index (κ2) is 9.72. The average molecular weight is 451 g/mol. The van der Waals surface area contributed by atoms with Gasteiger partial charge in [0.1, 0.15) is 5.82 Å². The Balaban J connectivity index is 1.65. The molecule has 0 aliphatic carbocycles. The first-order valence-corrected chi connectivity index (χ1v) is 11.2. The number of halogens is 2. The molecule has 3 aromatic rings. The van der Waals surface area contributed by atoms with E-state index in [1.54, 1.807) is 6.07 Å². The maximum Gasteiger partial charge on any atom is 0.123 e. The number of rotatable bonds is 7. The van der Waals surface area contributed by atoms with E-state index >= 15 is 0 Å². The van der Waals surface area contributed by atoms with Crippen LogP contribution in [0.1, 0.15) is 40.4 Å². The fourth-order valence-corrected chi connectivity index (χ4v) is 4.34. The lowest BCUT2D eigenvalue weighted by Crippen LogP contribution is -2.30. The molecule has 6 heteroatoms. The van der Waals surface area contributed by atoms with Crippen LogP contribution in [0, 0.1) is 12.7 Å². The van der Waals surface area contributed by atoms with Gasteiger partial charge in [-0.05, 0) is 84.6 Å². The minimum Gasteiger partial charge on any atom is -0.316 e. The zero-order chi connectivity index (χ0) is 22.7. The lowest BCUT2D eigenvalue weighted by atomic mass is 9.99. The van der Waals surface area contributed by atoms with Crippen LogP contribution >= 0.6 is 11.6 Å². The molecule has 4 nitrogen and oxygen atoms in total. The molecule has 1 saturated heterocycles. The number of hydrogen-bond donors (Lipinski definition) is 1. The van der Waals surface area contributed by atoms with E-state index in [0.29, 0.717) is 17.5 Å². The zero-order valence-electron chi connectivity index (χ0n) is 18.5. The van der Waals surface area contributed by atoms with Crippen LogP contribution in [0.25, 0.3) is 11.6 Å². The quantitative estimate of drug-likeness (QED) is 0.479. The summed E-state index contributed by atoms with van der Waals surface area (Å²) in [5, 5.41) is 5.98. The molecule has 2 aromatic heterocycles. The molecule has 32 heavy (non-hydrogen) atoms. The van der Waals surface area contributed by atoms with E-state index < -0.39 is 0 Å². The summed E-state index contributed by atoms with van der Waals surface area (Å²) in [7, 11) is 1.96. The topological polar surface area (TPSA) is 33.1 Å². The first kappa shape index (κ1) is 22.3. The molecule has 0 spiro atoms. The third-order valence-electron chi connectivity index (χ3n) is 6.00. The van der Waals surface area contributed by atoms with Crippen LogP contribution in [-0.4, -0.2) is 29.8 Å². The van der Waals surface area contributed by atoms with E-state index in [2.05, 4.69) is 46.7 Å². The van der Waals surface area contributed by atoms with Crippen LogP contribution in [-0.2, 0) is 6.54 Å². The predicted octanol–water partition coefficient (Wildman–Crippen LogP) is 5.56. The summed E-state index contributed by atoms with van der Waals surface area (Å²) < 4.78 is 15.8. The van der Waals surface area contributed by atoms with E-state index in [4.69, 9.17) is 11.6 Å². The Kier molecular flexibility index (Phi) is 6.77. The Labute approximate surface area is 194 Å². The molecular weight excluding hydrogens is 423 g/mol. The van der Waals surface area contributed by atoms with Crippen molar-refractivity contribution in [3.63, 3.8) is 0 Å². The molecule has 1 aromatic carbocycles. The molecule has 0 bridgehead atoms. The van der Waals surface area contributed by atoms with Crippen LogP contribution in [0.5, 0.6) is 0 Å². The molecule has 1 aliphatic heterocycles. The SMILES string of the molecule is C=C/C(=C\c1c(C)ccn1N(C)Cc1cc(F)ccc1Cl)c1ccnc(C2CCNC2)c1. The van der Waals surface area contributed by atoms with E-state index in [-0.39, 0.29) is 5.82 Å². The molecule has 3 heterocycles. The monoisotopic (exact) mass is 450 g/mol. The Morgan fingerprint density at radius 3 is 2.94 bits per heavy atom. The minimum absolute atomic E-state index is 0.290. The number of nitrogens with zero attached hydrogens (tertiary/aromatic N) is 3. The van der Waals surface area contributed by atoms with Crippen LogP contribution in [0.4, 0.5) is 4.39 Å². The predicted molar refractivity (Wildman–Crippen MR) is 131 cm³/mol. The first-order valence-electron chi connectivity index (χ1n) is 10.8. The van der Waals surface area contributed by atoms with Gasteiger partial charge in [-0.3, -0.25) is 9.66 Å². The summed E-state index contributed by atoms with van der Waals surface area (Å²) >= 11 is 6.29. The summed E-state index contributed by atoms with van der Waals surface area (Å²) in [6.07, 6.45) is 9.02. The molecule has 4 rings (SSSR count). The molecule has 0 radical (unpaired) electrons. The van der Waals surface area contributed by atoms with Crippen molar-refractivity contribution in [1.82, 2.24) is 15.0 Å². The zero-order valence-corrected chi connectivity index (χ0v) is 19.2. The third-order valence-corrected chi connectivity index (χ3v) is 6.37. The van der Waals surface area contributed by atoms with Gasteiger partial charge >= 0.3 is 0 Å². The first-order chi connectivity index (χ1) is 15.5. The standard InChI is InChI=1S/C26H28ClFN4/c1-4-19(20-8-11-30-25(14-20)21-7-10-29-16-21)15-26-18(2)9-12-32(26)31(3)17-22-13-23(28)5-6-24(22)27/h4-6,8-9,11-15,21,29H,1,7,10,16-17H2,2-3H3/b19-15+. The normalized spacial score (nSPS) is 16.4. The minimum atomic E-state index is -0.290. The molecule has 1 fully saturated rings. The molecule has 0 saturated carbocycles. The van der Waals surface area contributed by atoms with Crippen molar-refractivity contribution in [2.24, 2.45) is 0 Å². The van der Waals surface area contributed by atoms with E-state index in [0.717, 1.165) is 53.2 Å². The molecular formula is C26H28ClFN4. The largest absolute Gasteiger partial charge is 0.316 e. The smallest absolute Gasteiger partial charge is 0.123 e. The van der Waals surface area contributed by atoms with E-state index in [9.17, 15) is 4.39 Å². The fourth-order valence-electron chi connectivity index (χ4n) is 4.16. The van der Waals surface area contributed by atoms with Crippen LogP contribution in [0.2, 0.25) is 5.02 Å². The van der Waals surface area contributed by atoms with Crippen molar-refractivity contribution < 1.29 is 4.39 Å². The third kappa shape index (κ3) is 4.79. The van der Waals surface area contributed by atoms with Crippen molar-refractivity contribution >= 4 is 23.3 Å². The van der Waals surface area contributed by atoms with Gasteiger partial charge in [0.25, 0.3) is 0 Å². The number of benzene rings is 1. The molecule has 1 unspecified atom stereocenters. The van der Waals surface area contributed by atoms with Crippen molar-refractivity contribution in [1.29, 1.82) is 0 Å². The van der Waals surface area contributed by atoms with Gasteiger partial charge in [0, 0.05) is 42.6 Å². The lowest BCUT2D eigenvalue weighted by Gasteiger charge is -2.24. The highest BCUT2D eigenvalue weighted by Gasteiger charge is 2.18. The number of aryl methyl sites for hydroxylation is 1. The van der Waals surface area contributed by atoms with Gasteiger partial charge in [0.2, 0.25) is 0 Å². The van der Waals surface area contributed by atoms with Crippen molar-refractivity contribution in [3.8, 4) is 0 Å². The Bertz CT molecular complexity index is 1140. The second-order valence-electron chi connectivity index (χ2n) is 8.24. The van der Waals surface area contributed by atoms with Crippen LogP contribution < -0.4 is 10.3 Å². The summed E-state index contributed by atoms with van der Waals surface area (Å²) in [4.78, 5) is 4.60. The number of hydrogen-bond acceptors (Lipinski definition) is 3. The summed E-state index contributed by atoms with van der Waals surface area (Å²) in [6.45, 7) is 8.62. The number of allylic oxidation sites excluding steroid dienone is 2. The second-order valence-corrected chi connectivity index (χ2v) is 8.65. The van der Waals surface area contributed by atoms with E-state index in [1.165, 1.54) is 12.1 Å². The molecule has 1 N–H and O–H groups in total. The Morgan fingerprint density at radius 1 is 1.34 bits per heavy atom. The molecule has 0 amide bonds. The van der Waals surface area contributed by atoms with Gasteiger partial charge < -0.3 is 10.3 Å². The molecule has 1 aliphatic rings. The number of aromatic nitrogens is 2. The van der Waals surface area contributed by atoms with Crippen LogP contribution in [0.15, 0.2) is 61.4 Å². The average Bonchev–Trinajstić information content (AvgIpc) is 3.45. The van der Waals surface area contributed by atoms with Gasteiger partial charge in [-0.25, -0.2) is 4.39 Å². The number of pyridine rings is 1. The van der Waals surface area contributed by atoms with Gasteiger partial charge in [0.15, 0.2) is 0 Å². The summed E-state index contributed by atoms with van der Waals surface area (Å²) in [5.74, 6) is 0.162. The molecule has 1 atom stereocenters. The van der Waals surface area contributed by atoms with E-state index in [1.807, 2.05) is 36.6 Å². The van der Waals surface area contributed by atoms with Crippen molar-refractivity contribution in [2.75, 3.05) is 25.1 Å². The fraction of sp³-hybridized carbons (Fsp3) is 0.269. The summed E-state index contributed by atoms with van der Waals surface area (Å²) in [5.41, 5.74) is 6.15. The lowest BCUT2D eigenvalue weighted by molar-refractivity contribution is 0.615. The Hall–Kier alpha value is -2.89. The number of nitrogens with one attached hydrogen (secondary N) is 1. The Morgan fingerprint density at radius 2 is 2.19 bits per heavy atom. The highest BCUT2D eigenvalue weighted by atomic mass is 35.5. The van der Waals surface area contributed by atoms with Crippen molar-refractivity contribution in [2.45, 2.75) is 25.8 Å².